The molecule has 1 aliphatic carbocycles. The van der Waals surface area contributed by atoms with Crippen molar-refractivity contribution in [3.8, 4) is 0 Å². The lowest BCUT2D eigenvalue weighted by Crippen LogP contribution is -2.52. The first-order valence-corrected chi connectivity index (χ1v) is 4.92. The molecule has 0 aromatic rings. The highest BCUT2D eigenvalue weighted by Gasteiger charge is 2.29. The quantitative estimate of drug-likeness (QED) is 0.616. The summed E-state index contributed by atoms with van der Waals surface area (Å²) >= 11 is 0. The zero-order valence-electron chi connectivity index (χ0n) is 8.20. The van der Waals surface area contributed by atoms with Gasteiger partial charge in [-0.3, -0.25) is 9.69 Å². The van der Waals surface area contributed by atoms with Crippen molar-refractivity contribution in [2.45, 2.75) is 38.3 Å². The second-order valence-electron chi connectivity index (χ2n) is 3.69. The van der Waals surface area contributed by atoms with Crippen molar-refractivity contribution in [3.63, 3.8) is 0 Å². The topological polar surface area (TPSA) is 72.4 Å². The molecule has 1 aliphatic rings. The van der Waals surface area contributed by atoms with Crippen molar-refractivity contribution in [2.75, 3.05) is 13.1 Å². The van der Waals surface area contributed by atoms with E-state index in [-0.39, 0.29) is 11.9 Å². The van der Waals surface area contributed by atoms with E-state index in [1.165, 1.54) is 19.3 Å². The summed E-state index contributed by atoms with van der Waals surface area (Å²) in [6.07, 6.45) is 3.62. The van der Waals surface area contributed by atoms with Gasteiger partial charge in [0.15, 0.2) is 0 Å². The van der Waals surface area contributed by atoms with E-state index in [4.69, 9.17) is 11.5 Å². The SMILES string of the molecule is CC(C(N)=O)N(CCN)C1CCC1. The molecule has 0 aromatic carbocycles. The van der Waals surface area contributed by atoms with E-state index in [2.05, 4.69) is 4.90 Å². The number of primary amides is 1. The molecule has 1 unspecified atom stereocenters. The molecule has 0 radical (unpaired) electrons. The molecule has 0 bridgehead atoms. The molecule has 4 nitrogen and oxygen atoms in total. The van der Waals surface area contributed by atoms with Gasteiger partial charge in [-0.1, -0.05) is 6.42 Å². The Labute approximate surface area is 79.3 Å². The van der Waals surface area contributed by atoms with Crippen LogP contribution >= 0.6 is 0 Å². The lowest BCUT2D eigenvalue weighted by Gasteiger charge is -2.40. The molecule has 0 aromatic heterocycles. The van der Waals surface area contributed by atoms with Gasteiger partial charge in [-0.15, -0.1) is 0 Å². The Morgan fingerprint density at radius 2 is 2.23 bits per heavy atom. The molecule has 1 rings (SSSR count). The van der Waals surface area contributed by atoms with Gasteiger partial charge in [-0.2, -0.15) is 0 Å². The summed E-state index contributed by atoms with van der Waals surface area (Å²) in [5.74, 6) is -0.250. The normalized spacial score (nSPS) is 19.9. The lowest BCUT2D eigenvalue weighted by atomic mass is 9.90. The fourth-order valence-corrected chi connectivity index (χ4v) is 1.72. The Kier molecular flexibility index (Phi) is 3.69. The van der Waals surface area contributed by atoms with E-state index < -0.39 is 0 Å². The number of nitrogens with two attached hydrogens (primary N) is 2. The highest BCUT2D eigenvalue weighted by Crippen LogP contribution is 2.25. The molecule has 1 saturated carbocycles. The third kappa shape index (κ3) is 2.42. The third-order valence-corrected chi connectivity index (χ3v) is 2.84. The maximum Gasteiger partial charge on any atom is 0.234 e. The standard InChI is InChI=1S/C9H19N3O/c1-7(9(11)13)12(6-5-10)8-3-2-4-8/h7-8H,2-6,10H2,1H3,(H2,11,13). The third-order valence-electron chi connectivity index (χ3n) is 2.84. The summed E-state index contributed by atoms with van der Waals surface area (Å²) in [6, 6.07) is 0.361. The fraction of sp³-hybridized carbons (Fsp3) is 0.889. The van der Waals surface area contributed by atoms with Crippen LogP contribution in [-0.2, 0) is 4.79 Å². The number of hydrogen-bond donors (Lipinski definition) is 2. The number of carbonyl (C=O) groups excluding carboxylic acids is 1. The van der Waals surface area contributed by atoms with Gasteiger partial charge in [0.1, 0.15) is 0 Å². The van der Waals surface area contributed by atoms with E-state index in [0.29, 0.717) is 12.6 Å². The monoisotopic (exact) mass is 185 g/mol. The summed E-state index contributed by atoms with van der Waals surface area (Å²) in [4.78, 5) is 13.1. The van der Waals surface area contributed by atoms with Crippen LogP contribution in [0.3, 0.4) is 0 Å². The number of rotatable bonds is 5. The molecule has 4 heteroatoms. The first-order chi connectivity index (χ1) is 6.16. The minimum Gasteiger partial charge on any atom is -0.368 e. The van der Waals surface area contributed by atoms with Crippen molar-refractivity contribution in [3.05, 3.63) is 0 Å². The van der Waals surface area contributed by atoms with Crippen molar-refractivity contribution in [1.82, 2.24) is 4.90 Å². The number of amides is 1. The molecule has 0 spiro atoms. The van der Waals surface area contributed by atoms with Crippen molar-refractivity contribution < 1.29 is 4.79 Å². The van der Waals surface area contributed by atoms with E-state index in [9.17, 15) is 4.79 Å². The maximum absolute atomic E-state index is 11.0. The largest absolute Gasteiger partial charge is 0.368 e. The molecule has 1 amide bonds. The minimum absolute atomic E-state index is 0.172. The first-order valence-electron chi connectivity index (χ1n) is 4.92. The number of carbonyl (C=O) groups is 1. The van der Waals surface area contributed by atoms with E-state index >= 15 is 0 Å². The van der Waals surface area contributed by atoms with Gasteiger partial charge in [0.05, 0.1) is 6.04 Å². The molecule has 76 valence electrons. The maximum atomic E-state index is 11.0. The highest BCUT2D eigenvalue weighted by molar-refractivity contribution is 5.79. The van der Waals surface area contributed by atoms with Crippen molar-refractivity contribution in [2.24, 2.45) is 11.5 Å². The van der Waals surface area contributed by atoms with E-state index in [0.717, 1.165) is 6.54 Å². The number of hydrogen-bond acceptors (Lipinski definition) is 3. The molecular weight excluding hydrogens is 166 g/mol. The van der Waals surface area contributed by atoms with Crippen LogP contribution in [0.4, 0.5) is 0 Å². The van der Waals surface area contributed by atoms with Crippen LogP contribution in [0, 0.1) is 0 Å². The molecule has 1 atom stereocenters. The summed E-state index contributed by atoms with van der Waals surface area (Å²) in [6.45, 7) is 3.22. The van der Waals surface area contributed by atoms with Gasteiger partial charge in [0.25, 0.3) is 0 Å². The van der Waals surface area contributed by atoms with Crippen LogP contribution in [0.1, 0.15) is 26.2 Å². The average molecular weight is 185 g/mol. The van der Waals surface area contributed by atoms with Gasteiger partial charge >= 0.3 is 0 Å². The summed E-state index contributed by atoms with van der Waals surface area (Å²) in [5, 5.41) is 0. The van der Waals surface area contributed by atoms with Crippen LogP contribution in [0.5, 0.6) is 0 Å². The Hall–Kier alpha value is -0.610. The van der Waals surface area contributed by atoms with Crippen LogP contribution in [-0.4, -0.2) is 36.0 Å². The van der Waals surface area contributed by atoms with Gasteiger partial charge < -0.3 is 11.5 Å². The second kappa shape index (κ2) is 4.58. The predicted octanol–water partition coefficient (Wildman–Crippen LogP) is -0.327. The van der Waals surface area contributed by atoms with Crippen LogP contribution in [0.15, 0.2) is 0 Å². The fourth-order valence-electron chi connectivity index (χ4n) is 1.72. The minimum atomic E-state index is -0.250. The molecule has 0 aliphatic heterocycles. The summed E-state index contributed by atoms with van der Waals surface area (Å²) in [5.41, 5.74) is 10.8. The van der Waals surface area contributed by atoms with Crippen LogP contribution in [0.2, 0.25) is 0 Å². The summed E-state index contributed by atoms with van der Waals surface area (Å²) in [7, 11) is 0. The van der Waals surface area contributed by atoms with Gasteiger partial charge in [0.2, 0.25) is 5.91 Å². The Morgan fingerprint density at radius 3 is 2.54 bits per heavy atom. The van der Waals surface area contributed by atoms with Crippen molar-refractivity contribution >= 4 is 5.91 Å². The predicted molar refractivity (Wildman–Crippen MR) is 52.1 cm³/mol. The van der Waals surface area contributed by atoms with E-state index in [1.807, 2.05) is 6.92 Å². The smallest absolute Gasteiger partial charge is 0.234 e. The molecule has 1 fully saturated rings. The number of nitrogens with zero attached hydrogens (tertiary/aromatic N) is 1. The second-order valence-corrected chi connectivity index (χ2v) is 3.69. The average Bonchev–Trinajstić information content (AvgIpc) is 1.99. The molecular formula is C9H19N3O. The molecule has 0 saturated heterocycles. The van der Waals surface area contributed by atoms with Crippen LogP contribution in [0.25, 0.3) is 0 Å². The van der Waals surface area contributed by atoms with Gasteiger partial charge in [-0.05, 0) is 19.8 Å². The van der Waals surface area contributed by atoms with E-state index in [1.54, 1.807) is 0 Å². The van der Waals surface area contributed by atoms with Gasteiger partial charge in [-0.25, -0.2) is 0 Å². The molecule has 13 heavy (non-hydrogen) atoms. The summed E-state index contributed by atoms with van der Waals surface area (Å²) < 4.78 is 0. The Balaban J connectivity index is 2.49. The zero-order valence-corrected chi connectivity index (χ0v) is 8.20. The highest BCUT2D eigenvalue weighted by atomic mass is 16.1. The molecule has 4 N–H and O–H groups in total. The lowest BCUT2D eigenvalue weighted by molar-refractivity contribution is -0.124. The first kappa shape index (κ1) is 10.5. The van der Waals surface area contributed by atoms with Crippen molar-refractivity contribution in [1.29, 1.82) is 0 Å². The van der Waals surface area contributed by atoms with Crippen LogP contribution < -0.4 is 11.5 Å². The Bertz CT molecular complexity index is 180. The molecule has 0 heterocycles. The van der Waals surface area contributed by atoms with Gasteiger partial charge in [0, 0.05) is 19.1 Å². The zero-order chi connectivity index (χ0) is 9.84. The Morgan fingerprint density at radius 1 is 1.62 bits per heavy atom.